The highest BCUT2D eigenvalue weighted by molar-refractivity contribution is 8.14. The number of thioether (sulfide) groups is 1. The van der Waals surface area contributed by atoms with Crippen molar-refractivity contribution < 1.29 is 19.1 Å². The molecule has 94 valence electrons. The normalized spacial score (nSPS) is 15.0. The second-order valence-electron chi connectivity index (χ2n) is 3.68. The Labute approximate surface area is 108 Å². The van der Waals surface area contributed by atoms with Gasteiger partial charge in [-0.25, -0.2) is 0 Å². The van der Waals surface area contributed by atoms with Crippen LogP contribution < -0.4 is 0 Å². The molecule has 5 nitrogen and oxygen atoms in total. The van der Waals surface area contributed by atoms with Gasteiger partial charge in [0.2, 0.25) is 5.91 Å². The molecule has 2 amide bonds. The number of ether oxygens (including phenoxy) is 1. The van der Waals surface area contributed by atoms with Gasteiger partial charge in [-0.15, -0.1) is 0 Å². The zero-order valence-electron chi connectivity index (χ0n) is 9.50. The number of rotatable bonds is 4. The van der Waals surface area contributed by atoms with Crippen LogP contribution in [0.15, 0.2) is 30.3 Å². The maximum atomic E-state index is 11.5. The summed E-state index contributed by atoms with van der Waals surface area (Å²) in [5.74, 6) is -0.824. The number of hydrogen-bond donors (Lipinski definition) is 0. The lowest BCUT2D eigenvalue weighted by molar-refractivity contribution is -0.147. The third-order valence-electron chi connectivity index (χ3n) is 2.37. The van der Waals surface area contributed by atoms with Crippen LogP contribution in [0.5, 0.6) is 0 Å². The number of esters is 1. The molecular formula is C12H11NO4S. The largest absolute Gasteiger partial charge is 0.459 e. The van der Waals surface area contributed by atoms with E-state index in [-0.39, 0.29) is 24.8 Å². The van der Waals surface area contributed by atoms with Crippen molar-refractivity contribution in [1.29, 1.82) is 0 Å². The maximum Gasteiger partial charge on any atom is 0.326 e. The van der Waals surface area contributed by atoms with Crippen molar-refractivity contribution in [3.8, 4) is 0 Å². The van der Waals surface area contributed by atoms with Gasteiger partial charge in [0.25, 0.3) is 5.24 Å². The SMILES string of the molecule is O=C(CN1C(=O)CSC1=O)OCc1ccccc1. The molecule has 2 rings (SSSR count). The van der Waals surface area contributed by atoms with E-state index in [1.807, 2.05) is 30.3 Å². The Balaban J connectivity index is 1.82. The van der Waals surface area contributed by atoms with Crippen LogP contribution in [0.4, 0.5) is 4.79 Å². The predicted molar refractivity (Wildman–Crippen MR) is 65.8 cm³/mol. The molecule has 0 saturated carbocycles. The zero-order chi connectivity index (χ0) is 13.0. The summed E-state index contributed by atoms with van der Waals surface area (Å²) in [6.07, 6.45) is 0. The molecule has 0 unspecified atom stereocenters. The fourth-order valence-corrected chi connectivity index (χ4v) is 2.17. The van der Waals surface area contributed by atoms with Crippen LogP contribution in [0.25, 0.3) is 0 Å². The van der Waals surface area contributed by atoms with Crippen molar-refractivity contribution in [2.75, 3.05) is 12.3 Å². The summed E-state index contributed by atoms with van der Waals surface area (Å²) in [6, 6.07) is 9.20. The first-order chi connectivity index (χ1) is 8.66. The molecule has 0 aliphatic carbocycles. The first kappa shape index (κ1) is 12.6. The summed E-state index contributed by atoms with van der Waals surface area (Å²) >= 11 is 0.900. The van der Waals surface area contributed by atoms with Gasteiger partial charge < -0.3 is 4.74 Å². The third-order valence-corrected chi connectivity index (χ3v) is 3.23. The number of imide groups is 1. The number of nitrogens with zero attached hydrogens (tertiary/aromatic N) is 1. The Bertz CT molecular complexity index is 458. The molecular weight excluding hydrogens is 254 g/mol. The molecule has 0 atom stereocenters. The van der Waals surface area contributed by atoms with Crippen molar-refractivity contribution in [1.82, 2.24) is 4.90 Å². The molecule has 0 spiro atoms. The molecule has 0 radical (unpaired) electrons. The van der Waals surface area contributed by atoms with Gasteiger partial charge in [-0.1, -0.05) is 42.1 Å². The molecule has 0 aromatic heterocycles. The maximum absolute atomic E-state index is 11.5. The van der Waals surface area contributed by atoms with E-state index in [1.54, 1.807) is 0 Å². The van der Waals surface area contributed by atoms with Crippen molar-refractivity contribution in [2.24, 2.45) is 0 Å². The third kappa shape index (κ3) is 3.10. The summed E-state index contributed by atoms with van der Waals surface area (Å²) in [5.41, 5.74) is 0.860. The van der Waals surface area contributed by atoms with Gasteiger partial charge in [0, 0.05) is 0 Å². The molecule has 1 aliphatic heterocycles. The highest BCUT2D eigenvalue weighted by Gasteiger charge is 2.31. The Morgan fingerprint density at radius 1 is 1.28 bits per heavy atom. The van der Waals surface area contributed by atoms with Gasteiger partial charge >= 0.3 is 5.97 Å². The van der Waals surface area contributed by atoms with Gasteiger partial charge in [0.15, 0.2) is 0 Å². The Morgan fingerprint density at radius 3 is 2.61 bits per heavy atom. The van der Waals surface area contributed by atoms with Crippen LogP contribution in [0.2, 0.25) is 0 Å². The summed E-state index contributed by atoms with van der Waals surface area (Å²) in [5, 5.41) is -0.392. The van der Waals surface area contributed by atoms with E-state index >= 15 is 0 Å². The quantitative estimate of drug-likeness (QED) is 0.770. The fraction of sp³-hybridized carbons (Fsp3) is 0.250. The van der Waals surface area contributed by atoms with Gasteiger partial charge in [-0.05, 0) is 5.56 Å². The monoisotopic (exact) mass is 265 g/mol. The molecule has 1 aromatic carbocycles. The van der Waals surface area contributed by atoms with Crippen molar-refractivity contribution >= 4 is 28.9 Å². The van der Waals surface area contributed by atoms with E-state index in [0.29, 0.717) is 0 Å². The Morgan fingerprint density at radius 2 is 2.00 bits per heavy atom. The lowest BCUT2D eigenvalue weighted by Gasteiger charge is -2.11. The average molecular weight is 265 g/mol. The summed E-state index contributed by atoms with van der Waals surface area (Å²) < 4.78 is 4.99. The highest BCUT2D eigenvalue weighted by atomic mass is 32.2. The first-order valence-electron chi connectivity index (χ1n) is 5.33. The molecule has 0 N–H and O–H groups in total. The number of carbonyl (C=O) groups excluding carboxylic acids is 3. The Hall–Kier alpha value is -1.82. The molecule has 1 fully saturated rings. The lowest BCUT2D eigenvalue weighted by atomic mass is 10.2. The minimum Gasteiger partial charge on any atom is -0.459 e. The van der Waals surface area contributed by atoms with Gasteiger partial charge in [0.05, 0.1) is 5.75 Å². The van der Waals surface area contributed by atoms with E-state index in [4.69, 9.17) is 4.74 Å². The first-order valence-corrected chi connectivity index (χ1v) is 6.32. The van der Waals surface area contributed by atoms with Crippen LogP contribution in [-0.2, 0) is 20.9 Å². The van der Waals surface area contributed by atoms with E-state index in [1.165, 1.54) is 0 Å². The Kier molecular flexibility index (Phi) is 3.99. The van der Waals surface area contributed by atoms with E-state index in [2.05, 4.69) is 0 Å². The van der Waals surface area contributed by atoms with Crippen molar-refractivity contribution in [3.63, 3.8) is 0 Å². The van der Waals surface area contributed by atoms with Crippen molar-refractivity contribution in [2.45, 2.75) is 6.61 Å². The topological polar surface area (TPSA) is 63.7 Å². The highest BCUT2D eigenvalue weighted by Crippen LogP contribution is 2.18. The lowest BCUT2D eigenvalue weighted by Crippen LogP contribution is -2.34. The standard InChI is InChI=1S/C12H11NO4S/c14-10-8-18-12(16)13(10)6-11(15)17-7-9-4-2-1-3-5-9/h1-5H,6-8H2. The van der Waals surface area contributed by atoms with Crippen LogP contribution in [0.1, 0.15) is 5.56 Å². The summed E-state index contributed by atoms with van der Waals surface area (Å²) in [4.78, 5) is 34.9. The van der Waals surface area contributed by atoms with Crippen LogP contribution in [-0.4, -0.2) is 34.3 Å². The van der Waals surface area contributed by atoms with Crippen LogP contribution in [0, 0.1) is 0 Å². The van der Waals surface area contributed by atoms with E-state index in [0.717, 1.165) is 22.2 Å². The number of benzene rings is 1. The minimum atomic E-state index is -0.581. The number of carbonyl (C=O) groups is 3. The molecule has 6 heteroatoms. The smallest absolute Gasteiger partial charge is 0.326 e. The van der Waals surface area contributed by atoms with Crippen LogP contribution in [0.3, 0.4) is 0 Å². The number of amides is 2. The average Bonchev–Trinajstić information content (AvgIpc) is 2.69. The molecule has 18 heavy (non-hydrogen) atoms. The molecule has 1 saturated heterocycles. The molecule has 1 heterocycles. The van der Waals surface area contributed by atoms with E-state index in [9.17, 15) is 14.4 Å². The van der Waals surface area contributed by atoms with E-state index < -0.39 is 11.2 Å². The van der Waals surface area contributed by atoms with Crippen LogP contribution >= 0.6 is 11.8 Å². The molecule has 1 aromatic rings. The fourth-order valence-electron chi connectivity index (χ4n) is 1.45. The van der Waals surface area contributed by atoms with Gasteiger partial charge in [-0.3, -0.25) is 19.3 Å². The molecule has 0 bridgehead atoms. The summed E-state index contributed by atoms with van der Waals surface area (Å²) in [6.45, 7) is -0.166. The number of hydrogen-bond acceptors (Lipinski definition) is 5. The second kappa shape index (κ2) is 5.68. The van der Waals surface area contributed by atoms with Crippen molar-refractivity contribution in [3.05, 3.63) is 35.9 Å². The zero-order valence-corrected chi connectivity index (χ0v) is 10.3. The minimum absolute atomic E-state index is 0.102. The predicted octanol–water partition coefficient (Wildman–Crippen LogP) is 1.43. The molecule has 1 aliphatic rings. The summed E-state index contributed by atoms with van der Waals surface area (Å²) in [7, 11) is 0. The second-order valence-corrected chi connectivity index (χ2v) is 4.61. The van der Waals surface area contributed by atoms with Gasteiger partial charge in [0.1, 0.15) is 13.2 Å². The van der Waals surface area contributed by atoms with Gasteiger partial charge in [-0.2, -0.15) is 0 Å².